The topological polar surface area (TPSA) is 56.1 Å². The van der Waals surface area contributed by atoms with Gasteiger partial charge in [0.05, 0.1) is 12.6 Å². The van der Waals surface area contributed by atoms with E-state index in [-0.39, 0.29) is 11.8 Å². The third-order valence-electron chi connectivity index (χ3n) is 2.74. The summed E-state index contributed by atoms with van der Waals surface area (Å²) in [6.45, 7) is 8.74. The average molecular weight is 211 g/mol. The second-order valence-electron chi connectivity index (χ2n) is 4.35. The third kappa shape index (κ3) is 4.30. The number of rotatable bonds is 5. The van der Waals surface area contributed by atoms with Crippen LogP contribution in [0.25, 0.3) is 0 Å². The van der Waals surface area contributed by atoms with Gasteiger partial charge in [-0.25, -0.2) is 0 Å². The Labute approximate surface area is 92.3 Å². The molecule has 0 fully saturated rings. The minimum Gasteiger partial charge on any atom is -0.337 e. The van der Waals surface area contributed by atoms with E-state index in [4.69, 9.17) is 5.26 Å². The number of carbonyl (C=O) groups is 1. The van der Waals surface area contributed by atoms with E-state index in [1.165, 1.54) is 0 Å². The van der Waals surface area contributed by atoms with Gasteiger partial charge in [-0.05, 0) is 26.4 Å². The Morgan fingerprint density at radius 1 is 1.60 bits per heavy atom. The Morgan fingerprint density at radius 2 is 2.13 bits per heavy atom. The highest BCUT2D eigenvalue weighted by molar-refractivity contribution is 5.79. The highest BCUT2D eigenvalue weighted by Crippen LogP contribution is 2.14. The summed E-state index contributed by atoms with van der Waals surface area (Å²) >= 11 is 0. The summed E-state index contributed by atoms with van der Waals surface area (Å²) in [6.07, 6.45) is 0. The minimum atomic E-state index is -0.772. The molecule has 0 aromatic carbocycles. The van der Waals surface area contributed by atoms with E-state index in [1.807, 2.05) is 32.7 Å². The maximum absolute atomic E-state index is 11.6. The fraction of sp³-hybridized carbons (Fsp3) is 0.818. The smallest absolute Gasteiger partial charge is 0.235 e. The summed E-state index contributed by atoms with van der Waals surface area (Å²) in [4.78, 5) is 13.5. The number of nitrogens with zero attached hydrogens (tertiary/aromatic N) is 2. The lowest BCUT2D eigenvalue weighted by Gasteiger charge is -2.28. The number of likely N-dealkylation sites (N-methyl/N-ethyl adjacent to an activating group) is 1. The molecule has 1 unspecified atom stereocenters. The second kappa shape index (κ2) is 5.72. The van der Waals surface area contributed by atoms with Gasteiger partial charge in [0.2, 0.25) is 5.91 Å². The highest BCUT2D eigenvalue weighted by atomic mass is 16.2. The zero-order chi connectivity index (χ0) is 12.1. The van der Waals surface area contributed by atoms with Crippen LogP contribution in [-0.2, 0) is 4.79 Å². The van der Waals surface area contributed by atoms with Crippen LogP contribution in [0.5, 0.6) is 0 Å². The molecule has 0 aliphatic carbocycles. The van der Waals surface area contributed by atoms with Gasteiger partial charge in [-0.3, -0.25) is 9.69 Å². The van der Waals surface area contributed by atoms with Crippen molar-refractivity contribution in [3.63, 3.8) is 0 Å². The Hall–Kier alpha value is -1.08. The summed E-state index contributed by atoms with van der Waals surface area (Å²) in [5.74, 6) is -0.00418. The van der Waals surface area contributed by atoms with Crippen molar-refractivity contribution < 1.29 is 4.79 Å². The molecule has 0 aliphatic heterocycles. The molecule has 0 saturated heterocycles. The lowest BCUT2D eigenvalue weighted by atomic mass is 9.90. The van der Waals surface area contributed by atoms with Crippen LogP contribution in [0.15, 0.2) is 0 Å². The quantitative estimate of drug-likeness (QED) is 0.738. The Kier molecular flexibility index (Phi) is 5.31. The molecule has 0 rings (SSSR count). The zero-order valence-corrected chi connectivity index (χ0v) is 10.3. The Balaban J connectivity index is 4.33. The zero-order valence-electron chi connectivity index (χ0n) is 10.3. The van der Waals surface area contributed by atoms with Gasteiger partial charge in [-0.2, -0.15) is 5.26 Å². The number of hydrogen-bond donors (Lipinski definition) is 1. The van der Waals surface area contributed by atoms with Crippen LogP contribution in [0, 0.1) is 17.2 Å². The van der Waals surface area contributed by atoms with E-state index >= 15 is 0 Å². The van der Waals surface area contributed by atoms with Crippen molar-refractivity contribution in [2.45, 2.75) is 33.2 Å². The van der Waals surface area contributed by atoms with E-state index in [1.54, 1.807) is 6.92 Å². The van der Waals surface area contributed by atoms with Crippen molar-refractivity contribution in [2.24, 2.45) is 5.92 Å². The third-order valence-corrected chi connectivity index (χ3v) is 2.74. The lowest BCUT2D eigenvalue weighted by Crippen LogP contribution is -2.51. The number of nitrogens with one attached hydrogen (secondary N) is 1. The van der Waals surface area contributed by atoms with Crippen molar-refractivity contribution in [3.05, 3.63) is 0 Å². The summed E-state index contributed by atoms with van der Waals surface area (Å²) < 4.78 is 0. The Morgan fingerprint density at radius 3 is 2.47 bits per heavy atom. The molecule has 1 amide bonds. The predicted molar refractivity (Wildman–Crippen MR) is 60.2 cm³/mol. The van der Waals surface area contributed by atoms with Gasteiger partial charge in [0, 0.05) is 0 Å². The van der Waals surface area contributed by atoms with E-state index in [0.29, 0.717) is 6.54 Å². The molecular formula is C11H21N3O. The van der Waals surface area contributed by atoms with Crippen LogP contribution < -0.4 is 5.32 Å². The van der Waals surface area contributed by atoms with E-state index < -0.39 is 5.54 Å². The lowest BCUT2D eigenvalue weighted by molar-refractivity contribution is -0.123. The number of hydrogen-bond acceptors (Lipinski definition) is 3. The molecule has 1 atom stereocenters. The van der Waals surface area contributed by atoms with Gasteiger partial charge in [-0.15, -0.1) is 0 Å². The van der Waals surface area contributed by atoms with Crippen molar-refractivity contribution in [1.82, 2.24) is 10.2 Å². The van der Waals surface area contributed by atoms with Gasteiger partial charge >= 0.3 is 0 Å². The van der Waals surface area contributed by atoms with Crippen LogP contribution in [0.3, 0.4) is 0 Å². The molecule has 4 nitrogen and oxygen atoms in total. The van der Waals surface area contributed by atoms with Crippen molar-refractivity contribution in [1.29, 1.82) is 5.26 Å². The molecule has 86 valence electrons. The van der Waals surface area contributed by atoms with Gasteiger partial charge < -0.3 is 5.32 Å². The van der Waals surface area contributed by atoms with Crippen molar-refractivity contribution in [2.75, 3.05) is 20.1 Å². The highest BCUT2D eigenvalue weighted by Gasteiger charge is 2.29. The molecule has 0 heterocycles. The van der Waals surface area contributed by atoms with Crippen LogP contribution >= 0.6 is 0 Å². The maximum Gasteiger partial charge on any atom is 0.235 e. The van der Waals surface area contributed by atoms with E-state index in [2.05, 4.69) is 11.4 Å². The van der Waals surface area contributed by atoms with E-state index in [0.717, 1.165) is 6.54 Å². The summed E-state index contributed by atoms with van der Waals surface area (Å²) in [5, 5.41) is 11.8. The summed E-state index contributed by atoms with van der Waals surface area (Å²) in [7, 11) is 1.87. The Bertz CT molecular complexity index is 257. The molecule has 15 heavy (non-hydrogen) atoms. The first kappa shape index (κ1) is 13.9. The maximum atomic E-state index is 11.6. The molecule has 0 spiro atoms. The standard InChI is InChI=1S/C11H21N3O/c1-6-14(5)7-10(15)13-11(4,8-12)9(2)3/h9H,6-7H2,1-5H3,(H,13,15). The summed E-state index contributed by atoms with van der Waals surface area (Å²) in [6, 6.07) is 2.15. The van der Waals surface area contributed by atoms with Crippen LogP contribution in [0.1, 0.15) is 27.7 Å². The van der Waals surface area contributed by atoms with E-state index in [9.17, 15) is 4.79 Å². The molecule has 0 aromatic heterocycles. The van der Waals surface area contributed by atoms with Gasteiger partial charge in [-0.1, -0.05) is 20.8 Å². The molecule has 0 radical (unpaired) electrons. The van der Waals surface area contributed by atoms with Gasteiger partial charge in [0.25, 0.3) is 0 Å². The average Bonchev–Trinajstić information content (AvgIpc) is 2.16. The molecule has 1 N–H and O–H groups in total. The molecule has 0 bridgehead atoms. The minimum absolute atomic E-state index is 0.0957. The van der Waals surface area contributed by atoms with Crippen molar-refractivity contribution in [3.8, 4) is 6.07 Å². The molecular weight excluding hydrogens is 190 g/mol. The van der Waals surface area contributed by atoms with Crippen LogP contribution in [-0.4, -0.2) is 36.5 Å². The first-order valence-electron chi connectivity index (χ1n) is 5.26. The fourth-order valence-electron chi connectivity index (χ4n) is 0.987. The largest absolute Gasteiger partial charge is 0.337 e. The van der Waals surface area contributed by atoms with Crippen LogP contribution in [0.4, 0.5) is 0 Å². The first-order chi connectivity index (χ1) is 6.85. The summed E-state index contributed by atoms with van der Waals surface area (Å²) in [5.41, 5.74) is -0.772. The number of nitriles is 1. The van der Waals surface area contributed by atoms with Gasteiger partial charge in [0.1, 0.15) is 5.54 Å². The van der Waals surface area contributed by atoms with Crippen molar-refractivity contribution >= 4 is 5.91 Å². The molecule has 4 heteroatoms. The second-order valence-corrected chi connectivity index (χ2v) is 4.35. The van der Waals surface area contributed by atoms with Gasteiger partial charge in [0.15, 0.2) is 0 Å². The molecule has 0 saturated carbocycles. The fourth-order valence-corrected chi connectivity index (χ4v) is 0.987. The number of carbonyl (C=O) groups excluding carboxylic acids is 1. The monoisotopic (exact) mass is 211 g/mol. The first-order valence-corrected chi connectivity index (χ1v) is 5.26. The molecule has 0 aromatic rings. The molecule has 0 aliphatic rings. The SMILES string of the molecule is CCN(C)CC(=O)NC(C)(C#N)C(C)C. The number of amides is 1. The van der Waals surface area contributed by atoms with Crippen LogP contribution in [0.2, 0.25) is 0 Å². The normalized spacial score (nSPS) is 14.8. The predicted octanol–water partition coefficient (Wildman–Crippen LogP) is 0.993.